The van der Waals surface area contributed by atoms with Crippen molar-refractivity contribution in [2.45, 2.75) is 13.5 Å². The summed E-state index contributed by atoms with van der Waals surface area (Å²) < 4.78 is 37.0. The minimum atomic E-state index is -3.82. The van der Waals surface area contributed by atoms with Crippen LogP contribution in [0.15, 0.2) is 71.8 Å². The van der Waals surface area contributed by atoms with Gasteiger partial charge in [0.25, 0.3) is 5.91 Å². The van der Waals surface area contributed by atoms with E-state index in [1.165, 1.54) is 24.4 Å². The molecule has 0 aliphatic rings. The van der Waals surface area contributed by atoms with Crippen molar-refractivity contribution in [3.8, 4) is 11.5 Å². The highest BCUT2D eigenvalue weighted by Gasteiger charge is 2.23. The highest BCUT2D eigenvalue weighted by Crippen LogP contribution is 2.31. The standard InChI is InChI=1S/C25H25Cl2N3O5S/c1-3-34-24-13-19(9-12-23(24)35-17-18-7-5-4-6-8-18)15-28-29-25(31)16-30(36(2,32)33)22-14-20(26)10-11-21(22)27/h4-15H,3,16-17H2,1-2H3,(H,29,31)/b28-15-. The minimum absolute atomic E-state index is 0.0956. The molecule has 0 heterocycles. The Bertz CT molecular complexity index is 1330. The number of hydrazone groups is 1. The molecule has 0 unspecified atom stereocenters. The van der Waals surface area contributed by atoms with Crippen molar-refractivity contribution in [3.63, 3.8) is 0 Å². The summed E-state index contributed by atoms with van der Waals surface area (Å²) in [6, 6.07) is 19.3. The van der Waals surface area contributed by atoms with Crippen molar-refractivity contribution in [2.24, 2.45) is 5.10 Å². The molecule has 0 aromatic heterocycles. The molecular weight excluding hydrogens is 525 g/mol. The summed E-state index contributed by atoms with van der Waals surface area (Å²) >= 11 is 12.1. The average molecular weight is 550 g/mol. The van der Waals surface area contributed by atoms with Crippen LogP contribution in [0.5, 0.6) is 11.5 Å². The van der Waals surface area contributed by atoms with E-state index in [9.17, 15) is 13.2 Å². The molecule has 0 aliphatic heterocycles. The number of sulfonamides is 1. The van der Waals surface area contributed by atoms with E-state index in [2.05, 4.69) is 10.5 Å². The Morgan fingerprint density at radius 2 is 1.78 bits per heavy atom. The van der Waals surface area contributed by atoms with Crippen LogP contribution in [0.4, 0.5) is 5.69 Å². The first-order chi connectivity index (χ1) is 17.2. The number of rotatable bonds is 11. The fourth-order valence-corrected chi connectivity index (χ4v) is 4.43. The maximum Gasteiger partial charge on any atom is 0.260 e. The number of hydrogen-bond donors (Lipinski definition) is 1. The maximum atomic E-state index is 12.5. The lowest BCUT2D eigenvalue weighted by Gasteiger charge is -2.22. The van der Waals surface area contributed by atoms with E-state index in [0.29, 0.717) is 30.3 Å². The van der Waals surface area contributed by atoms with E-state index < -0.39 is 22.5 Å². The molecule has 0 aliphatic carbocycles. The van der Waals surface area contributed by atoms with Crippen LogP contribution in [-0.4, -0.2) is 39.9 Å². The Morgan fingerprint density at radius 1 is 1.03 bits per heavy atom. The highest BCUT2D eigenvalue weighted by molar-refractivity contribution is 7.92. The van der Waals surface area contributed by atoms with Gasteiger partial charge in [-0.25, -0.2) is 13.8 Å². The Kier molecular flexibility index (Phi) is 9.58. The van der Waals surface area contributed by atoms with Crippen LogP contribution in [0.25, 0.3) is 0 Å². The number of carbonyl (C=O) groups excluding carboxylic acids is 1. The summed E-state index contributed by atoms with van der Waals surface area (Å²) in [5.41, 5.74) is 4.09. The molecule has 0 atom stereocenters. The van der Waals surface area contributed by atoms with Crippen molar-refractivity contribution in [2.75, 3.05) is 23.7 Å². The van der Waals surface area contributed by atoms with Crippen LogP contribution in [0, 0.1) is 0 Å². The summed E-state index contributed by atoms with van der Waals surface area (Å²) in [4.78, 5) is 12.5. The number of nitrogens with one attached hydrogen (secondary N) is 1. The third kappa shape index (κ3) is 7.87. The van der Waals surface area contributed by atoms with E-state index in [0.717, 1.165) is 16.1 Å². The lowest BCUT2D eigenvalue weighted by Crippen LogP contribution is -2.39. The molecule has 0 saturated carbocycles. The predicted octanol–water partition coefficient (Wildman–Crippen LogP) is 4.89. The first-order valence-corrected chi connectivity index (χ1v) is 13.5. The number of hydrogen-bond acceptors (Lipinski definition) is 6. The van der Waals surface area contributed by atoms with Gasteiger partial charge in [0.1, 0.15) is 13.2 Å². The van der Waals surface area contributed by atoms with Crippen LogP contribution in [-0.2, 0) is 21.4 Å². The molecule has 8 nitrogen and oxygen atoms in total. The topological polar surface area (TPSA) is 97.3 Å². The zero-order valence-electron chi connectivity index (χ0n) is 19.6. The Morgan fingerprint density at radius 3 is 2.47 bits per heavy atom. The number of ether oxygens (including phenoxy) is 2. The predicted molar refractivity (Wildman–Crippen MR) is 143 cm³/mol. The first-order valence-electron chi connectivity index (χ1n) is 10.9. The van der Waals surface area contributed by atoms with Crippen LogP contribution in [0.2, 0.25) is 10.0 Å². The number of anilines is 1. The maximum absolute atomic E-state index is 12.5. The fourth-order valence-electron chi connectivity index (χ4n) is 3.13. The largest absolute Gasteiger partial charge is 0.490 e. The number of halogens is 2. The normalized spacial score (nSPS) is 11.3. The van der Waals surface area contributed by atoms with Crippen LogP contribution >= 0.6 is 23.2 Å². The number of amides is 1. The second kappa shape index (κ2) is 12.6. The quantitative estimate of drug-likeness (QED) is 0.271. The summed E-state index contributed by atoms with van der Waals surface area (Å²) in [5.74, 6) is 0.437. The molecule has 0 spiro atoms. The first kappa shape index (κ1) is 27.3. The molecule has 36 heavy (non-hydrogen) atoms. The van der Waals surface area contributed by atoms with Crippen molar-refractivity contribution in [3.05, 3.63) is 87.9 Å². The van der Waals surface area contributed by atoms with E-state index >= 15 is 0 Å². The van der Waals surface area contributed by atoms with Crippen LogP contribution < -0.4 is 19.2 Å². The Labute approximate surface area is 220 Å². The summed E-state index contributed by atoms with van der Waals surface area (Å²) in [5, 5.41) is 4.35. The third-order valence-electron chi connectivity index (χ3n) is 4.77. The molecule has 0 radical (unpaired) electrons. The lowest BCUT2D eigenvalue weighted by atomic mass is 10.2. The van der Waals surface area contributed by atoms with Crippen LogP contribution in [0.3, 0.4) is 0 Å². The smallest absolute Gasteiger partial charge is 0.260 e. The van der Waals surface area contributed by atoms with Gasteiger partial charge in [-0.15, -0.1) is 0 Å². The van der Waals surface area contributed by atoms with E-state index in [4.69, 9.17) is 32.7 Å². The molecule has 1 N–H and O–H groups in total. The van der Waals surface area contributed by atoms with Gasteiger partial charge < -0.3 is 9.47 Å². The highest BCUT2D eigenvalue weighted by atomic mass is 35.5. The molecule has 3 rings (SSSR count). The monoisotopic (exact) mass is 549 g/mol. The summed E-state index contributed by atoms with van der Waals surface area (Å²) in [7, 11) is -3.82. The minimum Gasteiger partial charge on any atom is -0.490 e. The number of benzene rings is 3. The van der Waals surface area contributed by atoms with Crippen molar-refractivity contribution in [1.82, 2.24) is 5.43 Å². The molecule has 0 fully saturated rings. The van der Waals surface area contributed by atoms with Crippen molar-refractivity contribution < 1.29 is 22.7 Å². The molecule has 11 heteroatoms. The number of nitrogens with zero attached hydrogens (tertiary/aromatic N) is 2. The van der Waals surface area contributed by atoms with Gasteiger partial charge in [0, 0.05) is 5.02 Å². The molecule has 3 aromatic rings. The molecule has 0 saturated heterocycles. The zero-order valence-corrected chi connectivity index (χ0v) is 22.0. The second-order valence-electron chi connectivity index (χ2n) is 7.57. The Balaban J connectivity index is 1.67. The molecule has 0 bridgehead atoms. The van der Waals surface area contributed by atoms with Gasteiger partial charge in [-0.1, -0.05) is 53.5 Å². The molecule has 1 amide bonds. The zero-order chi connectivity index (χ0) is 26.1. The van der Waals surface area contributed by atoms with E-state index in [-0.39, 0.29) is 15.7 Å². The lowest BCUT2D eigenvalue weighted by molar-refractivity contribution is -0.119. The SMILES string of the molecule is CCOc1cc(/C=N\NC(=O)CN(c2cc(Cl)ccc2Cl)S(C)(=O)=O)ccc1OCc1ccccc1. The third-order valence-corrected chi connectivity index (χ3v) is 6.45. The second-order valence-corrected chi connectivity index (χ2v) is 10.3. The van der Waals surface area contributed by atoms with Gasteiger partial charge in [-0.2, -0.15) is 5.10 Å². The molecular formula is C25H25Cl2N3O5S. The van der Waals surface area contributed by atoms with Gasteiger partial charge in [-0.05, 0) is 54.4 Å². The van der Waals surface area contributed by atoms with Gasteiger partial charge in [0.2, 0.25) is 10.0 Å². The van der Waals surface area contributed by atoms with Gasteiger partial charge in [-0.3, -0.25) is 9.10 Å². The van der Waals surface area contributed by atoms with E-state index in [1.807, 2.05) is 37.3 Å². The van der Waals surface area contributed by atoms with Crippen LogP contribution in [0.1, 0.15) is 18.1 Å². The Hall–Kier alpha value is -3.27. The van der Waals surface area contributed by atoms with Gasteiger partial charge >= 0.3 is 0 Å². The summed E-state index contributed by atoms with van der Waals surface area (Å²) in [6.45, 7) is 2.15. The van der Waals surface area contributed by atoms with Gasteiger partial charge in [0.05, 0.1) is 29.8 Å². The van der Waals surface area contributed by atoms with Crippen molar-refractivity contribution in [1.29, 1.82) is 0 Å². The number of carbonyl (C=O) groups is 1. The molecule has 3 aromatic carbocycles. The fraction of sp³-hybridized carbons (Fsp3) is 0.200. The molecule has 190 valence electrons. The van der Waals surface area contributed by atoms with Gasteiger partial charge in [0.15, 0.2) is 11.5 Å². The van der Waals surface area contributed by atoms with E-state index in [1.54, 1.807) is 18.2 Å². The van der Waals surface area contributed by atoms with Crippen molar-refractivity contribution >= 4 is 51.0 Å². The summed E-state index contributed by atoms with van der Waals surface area (Å²) in [6.07, 6.45) is 2.38. The average Bonchev–Trinajstić information content (AvgIpc) is 2.84.